The van der Waals surface area contributed by atoms with E-state index in [0.29, 0.717) is 12.3 Å². The zero-order chi connectivity index (χ0) is 14.6. The van der Waals surface area contributed by atoms with Gasteiger partial charge in [0.05, 0.1) is 7.11 Å². The molecule has 0 heterocycles. The number of nitrogens with two attached hydrogens (primary N) is 1. The lowest BCUT2D eigenvalue weighted by Gasteiger charge is -2.20. The van der Waals surface area contributed by atoms with Crippen molar-refractivity contribution < 1.29 is 9.94 Å². The van der Waals surface area contributed by atoms with Crippen LogP contribution in [0.1, 0.15) is 37.8 Å². The molecule has 1 atom stereocenters. The predicted octanol–water partition coefficient (Wildman–Crippen LogP) is 2.26. The van der Waals surface area contributed by atoms with Gasteiger partial charge in [-0.15, -0.1) is 0 Å². The number of benzene rings is 1. The van der Waals surface area contributed by atoms with Crippen molar-refractivity contribution in [2.24, 2.45) is 16.3 Å². The van der Waals surface area contributed by atoms with Crippen LogP contribution in [-0.2, 0) is 0 Å². The van der Waals surface area contributed by atoms with Gasteiger partial charge in [-0.05, 0) is 42.9 Å². The van der Waals surface area contributed by atoms with E-state index in [-0.39, 0.29) is 11.5 Å². The summed E-state index contributed by atoms with van der Waals surface area (Å²) in [6.45, 7) is 3.03. The third kappa shape index (κ3) is 3.63. The summed E-state index contributed by atoms with van der Waals surface area (Å²) in [5.74, 6) is 1.19. The molecule has 5 nitrogen and oxygen atoms in total. The Hall–Kier alpha value is -1.75. The molecule has 1 aromatic carbocycles. The maximum Gasteiger partial charge on any atom is 0.139 e. The van der Waals surface area contributed by atoms with Crippen LogP contribution in [0, 0.1) is 5.41 Å². The van der Waals surface area contributed by atoms with Crippen molar-refractivity contribution in [1.29, 1.82) is 0 Å². The molecular formula is C15H23N3O2. The number of hydrogen-bond acceptors (Lipinski definition) is 4. The van der Waals surface area contributed by atoms with E-state index >= 15 is 0 Å². The van der Waals surface area contributed by atoms with Crippen LogP contribution in [0.4, 0.5) is 0 Å². The summed E-state index contributed by atoms with van der Waals surface area (Å²) in [7, 11) is 1.67. The van der Waals surface area contributed by atoms with E-state index in [9.17, 15) is 0 Å². The number of ether oxygens (including phenoxy) is 1. The Morgan fingerprint density at radius 2 is 2.10 bits per heavy atom. The van der Waals surface area contributed by atoms with E-state index < -0.39 is 0 Å². The second kappa shape index (κ2) is 6.13. The van der Waals surface area contributed by atoms with E-state index in [0.717, 1.165) is 25.1 Å². The Bertz CT molecular complexity index is 467. The van der Waals surface area contributed by atoms with Crippen LogP contribution in [0.25, 0.3) is 0 Å². The monoisotopic (exact) mass is 277 g/mol. The van der Waals surface area contributed by atoms with E-state index in [2.05, 4.69) is 29.5 Å². The van der Waals surface area contributed by atoms with Crippen LogP contribution in [0.2, 0.25) is 0 Å². The van der Waals surface area contributed by atoms with Crippen molar-refractivity contribution in [1.82, 2.24) is 5.32 Å². The summed E-state index contributed by atoms with van der Waals surface area (Å²) in [6.07, 6.45) is 2.92. The van der Waals surface area contributed by atoms with Gasteiger partial charge >= 0.3 is 0 Å². The fourth-order valence-electron chi connectivity index (χ4n) is 2.39. The Labute approximate surface area is 119 Å². The Morgan fingerprint density at radius 3 is 2.60 bits per heavy atom. The number of nitrogens with one attached hydrogen (secondary N) is 1. The van der Waals surface area contributed by atoms with E-state index in [4.69, 9.17) is 15.7 Å². The van der Waals surface area contributed by atoms with Gasteiger partial charge in [0.2, 0.25) is 0 Å². The predicted molar refractivity (Wildman–Crippen MR) is 79.1 cm³/mol. The third-order valence-corrected chi connectivity index (χ3v) is 4.04. The normalized spacial score (nSPS) is 18.6. The number of rotatable bonds is 7. The summed E-state index contributed by atoms with van der Waals surface area (Å²) >= 11 is 0. The number of oxime groups is 1. The van der Waals surface area contributed by atoms with Crippen molar-refractivity contribution in [3.63, 3.8) is 0 Å². The van der Waals surface area contributed by atoms with Gasteiger partial charge in [-0.1, -0.05) is 17.3 Å². The van der Waals surface area contributed by atoms with Gasteiger partial charge in [0.25, 0.3) is 0 Å². The summed E-state index contributed by atoms with van der Waals surface area (Å²) in [6, 6.07) is 8.35. The number of amidine groups is 1. The van der Waals surface area contributed by atoms with Gasteiger partial charge in [-0.25, -0.2) is 0 Å². The Morgan fingerprint density at radius 1 is 1.45 bits per heavy atom. The standard InChI is InChI=1S/C15H23N3O2/c1-11(12-3-5-13(20-2)6-4-12)17-10-15(7-8-15)9-14(16)18-19/h3-6,11,17,19H,7-10H2,1-2H3,(H2,16,18)/t11-/m1/s1. The first-order valence-corrected chi connectivity index (χ1v) is 6.92. The summed E-state index contributed by atoms with van der Waals surface area (Å²) in [5.41, 5.74) is 7.01. The number of nitrogens with zero attached hydrogens (tertiary/aromatic N) is 1. The maximum atomic E-state index is 8.66. The van der Waals surface area contributed by atoms with E-state index in [1.54, 1.807) is 7.11 Å². The fraction of sp³-hybridized carbons (Fsp3) is 0.533. The average Bonchev–Trinajstić information content (AvgIpc) is 3.24. The fourth-order valence-corrected chi connectivity index (χ4v) is 2.39. The molecule has 0 aliphatic heterocycles. The van der Waals surface area contributed by atoms with Crippen LogP contribution < -0.4 is 15.8 Å². The molecule has 0 spiro atoms. The summed E-state index contributed by atoms with van der Waals surface area (Å²) < 4.78 is 5.16. The molecule has 20 heavy (non-hydrogen) atoms. The minimum Gasteiger partial charge on any atom is -0.497 e. The Balaban J connectivity index is 1.87. The molecule has 1 aliphatic rings. The molecule has 0 unspecified atom stereocenters. The lowest BCUT2D eigenvalue weighted by Crippen LogP contribution is -2.30. The molecule has 0 amide bonds. The van der Waals surface area contributed by atoms with Gasteiger partial charge in [0, 0.05) is 19.0 Å². The first-order chi connectivity index (χ1) is 9.58. The largest absolute Gasteiger partial charge is 0.497 e. The quantitative estimate of drug-likeness (QED) is 0.309. The van der Waals surface area contributed by atoms with Gasteiger partial charge in [0.1, 0.15) is 11.6 Å². The smallest absolute Gasteiger partial charge is 0.139 e. The molecule has 4 N–H and O–H groups in total. The molecule has 5 heteroatoms. The van der Waals surface area contributed by atoms with E-state index in [1.807, 2.05) is 12.1 Å². The summed E-state index contributed by atoms with van der Waals surface area (Å²) in [4.78, 5) is 0. The molecule has 1 aromatic rings. The molecule has 1 aliphatic carbocycles. The molecule has 110 valence electrons. The Kier molecular flexibility index (Phi) is 4.49. The highest BCUT2D eigenvalue weighted by Crippen LogP contribution is 2.48. The van der Waals surface area contributed by atoms with Crippen molar-refractivity contribution in [2.45, 2.75) is 32.2 Å². The van der Waals surface area contributed by atoms with Crippen molar-refractivity contribution >= 4 is 5.84 Å². The van der Waals surface area contributed by atoms with Gasteiger partial charge in [-0.2, -0.15) is 0 Å². The van der Waals surface area contributed by atoms with Crippen molar-refractivity contribution in [3.05, 3.63) is 29.8 Å². The first-order valence-electron chi connectivity index (χ1n) is 6.92. The molecule has 2 rings (SSSR count). The van der Waals surface area contributed by atoms with Crippen LogP contribution in [0.3, 0.4) is 0 Å². The number of methoxy groups -OCH3 is 1. The highest BCUT2D eigenvalue weighted by atomic mass is 16.5. The third-order valence-electron chi connectivity index (χ3n) is 4.04. The SMILES string of the molecule is COc1ccc([C@@H](C)NCC2(C/C(N)=N/O)CC2)cc1. The van der Waals surface area contributed by atoms with Gasteiger partial charge in [-0.3, -0.25) is 0 Å². The molecule has 0 radical (unpaired) electrons. The molecule has 1 fully saturated rings. The van der Waals surface area contributed by atoms with Crippen LogP contribution in [0.15, 0.2) is 29.4 Å². The first kappa shape index (κ1) is 14.7. The zero-order valence-electron chi connectivity index (χ0n) is 12.1. The number of hydrogen-bond donors (Lipinski definition) is 3. The minimum absolute atomic E-state index is 0.178. The second-order valence-corrected chi connectivity index (χ2v) is 5.64. The maximum absolute atomic E-state index is 8.66. The minimum atomic E-state index is 0.178. The van der Waals surface area contributed by atoms with Crippen LogP contribution in [-0.4, -0.2) is 24.7 Å². The molecule has 1 saturated carbocycles. The lowest BCUT2D eigenvalue weighted by molar-refractivity contribution is 0.313. The van der Waals surface area contributed by atoms with Crippen LogP contribution in [0.5, 0.6) is 5.75 Å². The van der Waals surface area contributed by atoms with Gasteiger partial charge < -0.3 is 21.0 Å². The van der Waals surface area contributed by atoms with Gasteiger partial charge in [0.15, 0.2) is 0 Å². The summed E-state index contributed by atoms with van der Waals surface area (Å²) in [5, 5.41) is 15.3. The highest BCUT2D eigenvalue weighted by Gasteiger charge is 2.43. The topological polar surface area (TPSA) is 79.9 Å². The molecule has 0 aromatic heterocycles. The van der Waals surface area contributed by atoms with E-state index in [1.165, 1.54) is 5.56 Å². The lowest BCUT2D eigenvalue weighted by atomic mass is 10.0. The molecular weight excluding hydrogens is 254 g/mol. The van der Waals surface area contributed by atoms with Crippen molar-refractivity contribution in [3.8, 4) is 5.75 Å². The average molecular weight is 277 g/mol. The second-order valence-electron chi connectivity index (χ2n) is 5.64. The molecule has 0 saturated heterocycles. The molecule has 0 bridgehead atoms. The van der Waals surface area contributed by atoms with Crippen molar-refractivity contribution in [2.75, 3.05) is 13.7 Å². The van der Waals surface area contributed by atoms with Crippen LogP contribution >= 0.6 is 0 Å². The highest BCUT2D eigenvalue weighted by molar-refractivity contribution is 5.80. The zero-order valence-corrected chi connectivity index (χ0v) is 12.1.